The van der Waals surface area contributed by atoms with E-state index in [2.05, 4.69) is 40.4 Å². The van der Waals surface area contributed by atoms with E-state index < -0.39 is 0 Å². The second kappa shape index (κ2) is 8.27. The van der Waals surface area contributed by atoms with Crippen LogP contribution in [0.3, 0.4) is 0 Å². The molecule has 0 atom stereocenters. The Morgan fingerprint density at radius 2 is 1.83 bits per heavy atom. The Kier molecular flexibility index (Phi) is 6.98. The van der Waals surface area contributed by atoms with E-state index in [0.717, 1.165) is 29.5 Å². The first-order valence-electron chi connectivity index (χ1n) is 6.41. The summed E-state index contributed by atoms with van der Waals surface area (Å²) in [6.07, 6.45) is 2.30. The fourth-order valence-corrected chi connectivity index (χ4v) is 1.97. The Morgan fingerprint density at radius 3 is 2.39 bits per heavy atom. The summed E-state index contributed by atoms with van der Waals surface area (Å²) >= 11 is 3.36. The van der Waals surface area contributed by atoms with Crippen LogP contribution in [0.4, 0.5) is 5.69 Å². The molecule has 1 aromatic rings. The van der Waals surface area contributed by atoms with Gasteiger partial charge in [0.25, 0.3) is 0 Å². The third-order valence-corrected chi connectivity index (χ3v) is 3.53. The highest BCUT2D eigenvalue weighted by molar-refractivity contribution is 9.10. The number of hydrogen-bond acceptors (Lipinski definition) is 2. The quantitative estimate of drug-likeness (QED) is 0.810. The summed E-state index contributed by atoms with van der Waals surface area (Å²) in [6, 6.07) is 7.58. The van der Waals surface area contributed by atoms with E-state index >= 15 is 0 Å². The smallest absolute Gasteiger partial charge is 0.238 e. The van der Waals surface area contributed by atoms with Gasteiger partial charge in [0, 0.05) is 10.2 Å². The van der Waals surface area contributed by atoms with Crippen molar-refractivity contribution in [3.63, 3.8) is 0 Å². The number of anilines is 1. The average Bonchev–Trinajstić information content (AvgIpc) is 2.37. The fraction of sp³-hybridized carbons (Fsp3) is 0.500. The van der Waals surface area contributed by atoms with Gasteiger partial charge in [-0.2, -0.15) is 0 Å². The zero-order valence-corrected chi connectivity index (χ0v) is 12.6. The number of halogens is 1. The highest BCUT2D eigenvalue weighted by Crippen LogP contribution is 2.13. The third kappa shape index (κ3) is 5.65. The number of nitrogens with one attached hydrogen (secondary N) is 2. The van der Waals surface area contributed by atoms with Crippen LogP contribution in [-0.4, -0.2) is 19.0 Å². The van der Waals surface area contributed by atoms with Gasteiger partial charge in [-0.3, -0.25) is 4.79 Å². The molecule has 0 fully saturated rings. The number of benzene rings is 1. The van der Waals surface area contributed by atoms with Crippen LogP contribution < -0.4 is 10.6 Å². The summed E-state index contributed by atoms with van der Waals surface area (Å²) < 4.78 is 1.01. The second-order valence-electron chi connectivity index (χ2n) is 4.37. The molecule has 0 aliphatic carbocycles. The molecule has 3 nitrogen and oxygen atoms in total. The number of rotatable bonds is 7. The van der Waals surface area contributed by atoms with E-state index in [0.29, 0.717) is 12.5 Å². The average molecular weight is 313 g/mol. The lowest BCUT2D eigenvalue weighted by Gasteiger charge is -2.13. The van der Waals surface area contributed by atoms with Crippen LogP contribution in [0.5, 0.6) is 0 Å². The molecule has 0 aliphatic rings. The van der Waals surface area contributed by atoms with E-state index in [4.69, 9.17) is 0 Å². The molecule has 1 rings (SSSR count). The number of amides is 1. The van der Waals surface area contributed by atoms with Crippen molar-refractivity contribution in [1.29, 1.82) is 0 Å². The van der Waals surface area contributed by atoms with Crippen LogP contribution in [0.15, 0.2) is 28.7 Å². The highest BCUT2D eigenvalue weighted by Gasteiger charge is 2.05. The van der Waals surface area contributed by atoms with Gasteiger partial charge in [-0.05, 0) is 36.7 Å². The molecule has 2 N–H and O–H groups in total. The van der Waals surface area contributed by atoms with E-state index in [-0.39, 0.29) is 5.91 Å². The van der Waals surface area contributed by atoms with Gasteiger partial charge in [0.1, 0.15) is 0 Å². The van der Waals surface area contributed by atoms with Gasteiger partial charge in [0.15, 0.2) is 0 Å². The summed E-state index contributed by atoms with van der Waals surface area (Å²) in [6.45, 7) is 5.63. The van der Waals surface area contributed by atoms with Gasteiger partial charge in [0.2, 0.25) is 5.91 Å². The highest BCUT2D eigenvalue weighted by atomic mass is 79.9. The molecule has 0 saturated carbocycles. The molecule has 18 heavy (non-hydrogen) atoms. The van der Waals surface area contributed by atoms with Crippen molar-refractivity contribution in [2.75, 3.05) is 18.4 Å². The molecule has 100 valence electrons. The largest absolute Gasteiger partial charge is 0.325 e. The van der Waals surface area contributed by atoms with Crippen molar-refractivity contribution in [2.45, 2.75) is 26.7 Å². The Bertz CT molecular complexity index is 361. The Hall–Kier alpha value is -0.870. The van der Waals surface area contributed by atoms with Gasteiger partial charge in [0.05, 0.1) is 6.54 Å². The molecule has 4 heteroatoms. The zero-order valence-electron chi connectivity index (χ0n) is 11.0. The molecule has 0 unspecified atom stereocenters. The van der Waals surface area contributed by atoms with Crippen LogP contribution >= 0.6 is 15.9 Å². The first-order chi connectivity index (χ1) is 8.65. The molecule has 1 amide bonds. The van der Waals surface area contributed by atoms with E-state index in [1.807, 2.05) is 24.3 Å². The maximum atomic E-state index is 11.7. The van der Waals surface area contributed by atoms with E-state index in [1.54, 1.807) is 0 Å². The van der Waals surface area contributed by atoms with Crippen molar-refractivity contribution < 1.29 is 4.79 Å². The topological polar surface area (TPSA) is 41.1 Å². The maximum Gasteiger partial charge on any atom is 0.238 e. The van der Waals surface area contributed by atoms with Crippen molar-refractivity contribution in [3.05, 3.63) is 28.7 Å². The first kappa shape index (κ1) is 15.2. The van der Waals surface area contributed by atoms with Crippen molar-refractivity contribution in [2.24, 2.45) is 5.92 Å². The minimum atomic E-state index is 0.00304. The summed E-state index contributed by atoms with van der Waals surface area (Å²) in [5.74, 6) is 0.661. The fourth-order valence-electron chi connectivity index (χ4n) is 1.71. The predicted molar refractivity (Wildman–Crippen MR) is 79.7 cm³/mol. The van der Waals surface area contributed by atoms with E-state index in [1.165, 1.54) is 0 Å². The Labute approximate surface area is 117 Å². The van der Waals surface area contributed by atoms with Gasteiger partial charge in [-0.1, -0.05) is 42.6 Å². The molecule has 0 radical (unpaired) electrons. The molecule has 0 spiro atoms. The van der Waals surface area contributed by atoms with Crippen molar-refractivity contribution >= 4 is 27.5 Å². The standard InChI is InChI=1S/C14H21BrN2O/c1-3-11(4-2)9-16-10-14(18)17-13-7-5-12(15)6-8-13/h5-8,11,16H,3-4,9-10H2,1-2H3,(H,17,18). The van der Waals surface area contributed by atoms with Gasteiger partial charge in [-0.25, -0.2) is 0 Å². The number of carbonyl (C=O) groups excluding carboxylic acids is 1. The monoisotopic (exact) mass is 312 g/mol. The van der Waals surface area contributed by atoms with E-state index in [9.17, 15) is 4.79 Å². The zero-order chi connectivity index (χ0) is 13.4. The van der Waals surface area contributed by atoms with Crippen LogP contribution in [0.1, 0.15) is 26.7 Å². The minimum absolute atomic E-state index is 0.00304. The first-order valence-corrected chi connectivity index (χ1v) is 7.21. The van der Waals surface area contributed by atoms with Gasteiger partial charge >= 0.3 is 0 Å². The third-order valence-electron chi connectivity index (χ3n) is 3.00. The number of carbonyl (C=O) groups is 1. The molecular weight excluding hydrogens is 292 g/mol. The van der Waals surface area contributed by atoms with Crippen LogP contribution in [0, 0.1) is 5.92 Å². The predicted octanol–water partition coefficient (Wildman–Crippen LogP) is 3.41. The van der Waals surface area contributed by atoms with Crippen molar-refractivity contribution in [3.8, 4) is 0 Å². The van der Waals surface area contributed by atoms with Gasteiger partial charge in [-0.15, -0.1) is 0 Å². The van der Waals surface area contributed by atoms with Crippen LogP contribution in [-0.2, 0) is 4.79 Å². The lowest BCUT2D eigenvalue weighted by atomic mass is 10.0. The van der Waals surface area contributed by atoms with Crippen molar-refractivity contribution in [1.82, 2.24) is 5.32 Å². The lowest BCUT2D eigenvalue weighted by molar-refractivity contribution is -0.115. The summed E-state index contributed by atoms with van der Waals surface area (Å²) in [4.78, 5) is 11.7. The lowest BCUT2D eigenvalue weighted by Crippen LogP contribution is -2.31. The molecular formula is C14H21BrN2O. The summed E-state index contributed by atoms with van der Waals surface area (Å²) in [7, 11) is 0. The van der Waals surface area contributed by atoms with Gasteiger partial charge < -0.3 is 10.6 Å². The second-order valence-corrected chi connectivity index (χ2v) is 5.28. The molecule has 0 aliphatic heterocycles. The molecule has 1 aromatic carbocycles. The Balaban J connectivity index is 2.27. The van der Waals surface area contributed by atoms with Crippen LogP contribution in [0.2, 0.25) is 0 Å². The minimum Gasteiger partial charge on any atom is -0.325 e. The molecule has 0 bridgehead atoms. The summed E-state index contributed by atoms with van der Waals surface area (Å²) in [5.41, 5.74) is 0.826. The summed E-state index contributed by atoms with van der Waals surface area (Å²) in [5, 5.41) is 6.05. The molecule has 0 saturated heterocycles. The Morgan fingerprint density at radius 1 is 1.22 bits per heavy atom. The number of hydrogen-bond donors (Lipinski definition) is 2. The molecule has 0 aromatic heterocycles. The molecule has 0 heterocycles. The maximum absolute atomic E-state index is 11.7. The van der Waals surface area contributed by atoms with Crippen LogP contribution in [0.25, 0.3) is 0 Å². The SMILES string of the molecule is CCC(CC)CNCC(=O)Nc1ccc(Br)cc1. The normalized spacial score (nSPS) is 10.7.